The van der Waals surface area contributed by atoms with E-state index < -0.39 is 70.8 Å². The normalized spacial score (nSPS) is 11.0. The molecule has 0 atom stereocenters. The van der Waals surface area contributed by atoms with Gasteiger partial charge in [-0.3, -0.25) is 14.4 Å². The molecule has 0 saturated carbocycles. The van der Waals surface area contributed by atoms with Crippen molar-refractivity contribution in [3.8, 4) is 33.4 Å². The summed E-state index contributed by atoms with van der Waals surface area (Å²) in [6.45, 7) is 6.05. The van der Waals surface area contributed by atoms with Crippen LogP contribution in [0.4, 0.5) is 39.5 Å². The fourth-order valence-corrected chi connectivity index (χ4v) is 6.08. The largest absolute Gasteiger partial charge is 0.477 e. The van der Waals surface area contributed by atoms with E-state index in [2.05, 4.69) is 30.9 Å². The molecule has 25 heteroatoms. The van der Waals surface area contributed by atoms with Crippen LogP contribution in [0.1, 0.15) is 100 Å². The molecule has 0 aliphatic carbocycles. The second kappa shape index (κ2) is 25.8. The number of aromatic carboxylic acids is 3. The minimum absolute atomic E-state index is 0. The second-order valence-corrected chi connectivity index (χ2v) is 14.6. The maximum Gasteiger partial charge on any atom is 0.416 e. The Balaban J connectivity index is 0.000000287. The van der Waals surface area contributed by atoms with Crippen molar-refractivity contribution in [1.82, 2.24) is 30.9 Å². The maximum absolute atomic E-state index is 12.6. The molecular weight excluding hydrogens is 1140 g/mol. The summed E-state index contributed by atoms with van der Waals surface area (Å²) >= 11 is 0. The van der Waals surface area contributed by atoms with Crippen LogP contribution in [0.3, 0.4) is 0 Å². The number of hydrogen-bond acceptors (Lipinski definition) is 9. The summed E-state index contributed by atoms with van der Waals surface area (Å²) < 4.78 is 113. The van der Waals surface area contributed by atoms with E-state index in [1.807, 2.05) is 0 Å². The maximum atomic E-state index is 12.6. The Morgan fingerprint density at radius 1 is 0.370 bits per heavy atom. The van der Waals surface area contributed by atoms with Gasteiger partial charge in [-0.05, 0) is 127 Å². The minimum Gasteiger partial charge on any atom is -0.477 e. The number of amides is 3. The Kier molecular flexibility index (Phi) is 21.2. The third-order valence-electron chi connectivity index (χ3n) is 9.48. The van der Waals surface area contributed by atoms with Crippen LogP contribution in [0, 0.1) is 38.2 Å². The molecule has 388 valence electrons. The van der Waals surface area contributed by atoms with Crippen molar-refractivity contribution in [1.29, 1.82) is 0 Å². The Hall–Kier alpha value is -7.43. The Morgan fingerprint density at radius 2 is 0.562 bits per heavy atom. The average molecular weight is 1180 g/mol. The van der Waals surface area contributed by atoms with Crippen LogP contribution in [0.5, 0.6) is 0 Å². The molecule has 6 N–H and O–H groups in total. The summed E-state index contributed by atoms with van der Waals surface area (Å²) in [6, 6.07) is 20.2. The summed E-state index contributed by atoms with van der Waals surface area (Å²) in [7, 11) is 0. The van der Waals surface area contributed by atoms with Crippen LogP contribution < -0.4 is 16.0 Å². The van der Waals surface area contributed by atoms with Crippen LogP contribution in [0.25, 0.3) is 33.4 Å². The number of benzene rings is 3. The van der Waals surface area contributed by atoms with Crippen LogP contribution in [0.2, 0.25) is 0 Å². The van der Waals surface area contributed by atoms with Gasteiger partial charge in [0.15, 0.2) is 0 Å². The third kappa shape index (κ3) is 17.1. The summed E-state index contributed by atoms with van der Waals surface area (Å²) in [6.07, 6.45) is -13.4. The number of nitrogens with one attached hydrogen (secondary N) is 3. The number of carbonyl (C=O) groups excluding carboxylic acids is 3. The van der Waals surface area contributed by atoms with Crippen molar-refractivity contribution in [3.63, 3.8) is 0 Å². The molecule has 0 radical (unpaired) electrons. The average Bonchev–Trinajstić information content (AvgIpc) is 3.33. The topological polar surface area (TPSA) is 238 Å². The molecule has 0 unspecified atom stereocenters. The molecule has 3 aromatic heterocycles. The molecule has 6 rings (SSSR count). The van der Waals surface area contributed by atoms with Crippen LogP contribution in [-0.4, -0.2) is 85.5 Å². The Labute approximate surface area is 438 Å². The van der Waals surface area contributed by atoms with Crippen molar-refractivity contribution >= 4 is 35.6 Å². The first-order chi connectivity index (χ1) is 33.7. The van der Waals surface area contributed by atoms with Crippen LogP contribution in [-0.2, 0) is 18.5 Å². The SMILES string of the molecule is CCNC(=O)c1cc(-c2ccc(C(F)(F)F)cc2)cc(C(=O)O)n1.CCNC(=O)c1cc(-c2ccc(C(F)(F)F)cc2)cc(C(=O)O)n1.CCNC(=O)c1cc(-c2ccc(C(F)(F)F)cc2)cc(C(=O)O)n1.[Dy]. The van der Waals surface area contributed by atoms with Gasteiger partial charge in [-0.15, -0.1) is 0 Å². The van der Waals surface area contributed by atoms with E-state index in [9.17, 15) is 68.3 Å². The van der Waals surface area contributed by atoms with Crippen molar-refractivity contribution in [3.05, 3.63) is 160 Å². The number of halogens is 9. The standard InChI is InChI=1S/3C16H13F3N2O3.Dy/c3*1-2-20-14(22)12-7-10(8-13(21-12)15(23)24)9-3-5-11(6-4-9)16(17,18)19;/h3*3-8H,2H2,1H3,(H,20,22)(H,23,24);. The molecule has 0 bridgehead atoms. The molecule has 0 aliphatic heterocycles. The number of carbonyl (C=O) groups is 6. The van der Waals surface area contributed by atoms with Crippen molar-refractivity contribution in [2.75, 3.05) is 19.6 Å². The van der Waals surface area contributed by atoms with Gasteiger partial charge < -0.3 is 31.3 Å². The van der Waals surface area contributed by atoms with Gasteiger partial charge in [-0.1, -0.05) is 36.4 Å². The number of nitrogens with zero attached hydrogens (tertiary/aromatic N) is 3. The van der Waals surface area contributed by atoms with Gasteiger partial charge in [-0.2, -0.15) is 39.5 Å². The monoisotopic (exact) mass is 1180 g/mol. The number of carboxylic acids is 3. The van der Waals surface area contributed by atoms with E-state index >= 15 is 0 Å². The predicted octanol–water partition coefficient (Wildman–Crippen LogP) is 9.65. The van der Waals surface area contributed by atoms with Gasteiger partial charge in [0, 0.05) is 57.8 Å². The van der Waals surface area contributed by atoms with Crippen molar-refractivity contribution < 1.29 is 122 Å². The quantitative estimate of drug-likeness (QED) is 0.0628. The van der Waals surface area contributed by atoms with Crippen molar-refractivity contribution in [2.45, 2.75) is 39.3 Å². The van der Waals surface area contributed by atoms with E-state index in [1.165, 1.54) is 72.8 Å². The summed E-state index contributed by atoms with van der Waals surface area (Å²) in [4.78, 5) is 80.3. The minimum atomic E-state index is -4.46. The summed E-state index contributed by atoms with van der Waals surface area (Å²) in [5.74, 6) is -5.70. The van der Waals surface area contributed by atoms with Gasteiger partial charge in [0.05, 0.1) is 16.7 Å². The Morgan fingerprint density at radius 3 is 0.726 bits per heavy atom. The number of hydrogen-bond donors (Lipinski definition) is 6. The first-order valence-corrected chi connectivity index (χ1v) is 20.8. The van der Waals surface area contributed by atoms with E-state index in [4.69, 9.17) is 15.3 Å². The second-order valence-electron chi connectivity index (χ2n) is 14.6. The van der Waals surface area contributed by atoms with Crippen LogP contribution >= 0.6 is 0 Å². The third-order valence-corrected chi connectivity index (χ3v) is 9.48. The van der Waals surface area contributed by atoms with E-state index in [-0.39, 0.29) is 89.0 Å². The molecule has 3 heterocycles. The number of carboxylic acid groups (broad SMARTS) is 3. The zero-order chi connectivity index (χ0) is 53.7. The molecule has 0 spiro atoms. The first-order valence-electron chi connectivity index (χ1n) is 20.8. The fraction of sp³-hybridized carbons (Fsp3) is 0.188. The van der Waals surface area contributed by atoms with Gasteiger partial charge in [-0.25, -0.2) is 29.3 Å². The van der Waals surface area contributed by atoms with E-state index in [1.54, 1.807) is 20.8 Å². The molecule has 15 nitrogen and oxygen atoms in total. The zero-order valence-corrected chi connectivity index (χ0v) is 39.9. The first kappa shape index (κ1) is 59.9. The fourth-order valence-electron chi connectivity index (χ4n) is 6.08. The van der Waals surface area contributed by atoms with E-state index in [0.29, 0.717) is 36.3 Å². The molecule has 0 aliphatic rings. The molecule has 3 aromatic carbocycles. The van der Waals surface area contributed by atoms with E-state index in [0.717, 1.165) is 36.4 Å². The molecule has 3 amide bonds. The zero-order valence-electron chi connectivity index (χ0n) is 37.9. The molecular formula is C48H39DyF9N6O9. The molecule has 73 heavy (non-hydrogen) atoms. The Bertz CT molecular complexity index is 2640. The predicted molar refractivity (Wildman–Crippen MR) is 239 cm³/mol. The number of alkyl halides is 9. The summed E-state index contributed by atoms with van der Waals surface area (Å²) in [5, 5.41) is 34.8. The molecule has 6 aromatic rings. The van der Waals surface area contributed by atoms with Crippen LogP contribution in [0.15, 0.2) is 109 Å². The van der Waals surface area contributed by atoms with Gasteiger partial charge in [0.1, 0.15) is 34.2 Å². The number of aromatic nitrogens is 3. The number of rotatable bonds is 12. The molecule has 0 saturated heterocycles. The van der Waals surface area contributed by atoms with Crippen molar-refractivity contribution in [2.24, 2.45) is 0 Å². The van der Waals surface area contributed by atoms with Gasteiger partial charge in [0.2, 0.25) is 0 Å². The van der Waals surface area contributed by atoms with Gasteiger partial charge >= 0.3 is 36.4 Å². The summed E-state index contributed by atoms with van der Waals surface area (Å²) in [5.41, 5.74) is -2.00. The molecule has 0 fully saturated rings. The smallest absolute Gasteiger partial charge is 0.416 e. The van der Waals surface area contributed by atoms with Gasteiger partial charge in [0.25, 0.3) is 17.7 Å². The number of pyridine rings is 3.